The number of benzene rings is 1. The highest BCUT2D eigenvalue weighted by Crippen LogP contribution is 2.14. The number of rotatable bonds is 6. The molecule has 1 aromatic carbocycles. The van der Waals surface area contributed by atoms with Crippen molar-refractivity contribution in [1.82, 2.24) is 15.5 Å². The van der Waals surface area contributed by atoms with Gasteiger partial charge in [-0.1, -0.05) is 24.3 Å². The van der Waals surface area contributed by atoms with E-state index in [4.69, 9.17) is 4.74 Å². The minimum atomic E-state index is 0.0814. The van der Waals surface area contributed by atoms with Gasteiger partial charge < -0.3 is 15.4 Å². The Morgan fingerprint density at radius 3 is 2.91 bits per heavy atom. The van der Waals surface area contributed by atoms with Crippen LogP contribution in [0.3, 0.4) is 0 Å². The fourth-order valence-electron chi connectivity index (χ4n) is 3.28. The van der Waals surface area contributed by atoms with Crippen molar-refractivity contribution < 1.29 is 9.53 Å². The molecule has 0 bridgehead atoms. The molecule has 1 unspecified atom stereocenters. The summed E-state index contributed by atoms with van der Waals surface area (Å²) < 4.78 is 5.38. The van der Waals surface area contributed by atoms with Gasteiger partial charge in [0.1, 0.15) is 0 Å². The molecule has 0 saturated carbocycles. The largest absolute Gasteiger partial charge is 0.378 e. The predicted octanol–water partition coefficient (Wildman–Crippen LogP) is 1.28. The first-order valence-electron chi connectivity index (χ1n) is 8.67. The molecule has 5 heteroatoms. The maximum Gasteiger partial charge on any atom is 0.221 e. The van der Waals surface area contributed by atoms with Gasteiger partial charge in [0, 0.05) is 32.1 Å². The lowest BCUT2D eigenvalue weighted by Crippen LogP contribution is -2.44. The van der Waals surface area contributed by atoms with Crippen LogP contribution in [-0.4, -0.2) is 49.7 Å². The summed E-state index contributed by atoms with van der Waals surface area (Å²) in [6, 6.07) is 8.69. The van der Waals surface area contributed by atoms with Gasteiger partial charge in [-0.05, 0) is 37.1 Å². The van der Waals surface area contributed by atoms with Gasteiger partial charge in [-0.15, -0.1) is 0 Å². The van der Waals surface area contributed by atoms with E-state index in [9.17, 15) is 4.79 Å². The van der Waals surface area contributed by atoms with E-state index in [0.717, 1.165) is 19.7 Å². The molecule has 2 fully saturated rings. The molecule has 2 aliphatic rings. The molecule has 2 saturated heterocycles. The maximum atomic E-state index is 12.0. The molecule has 126 valence electrons. The fourth-order valence-corrected chi connectivity index (χ4v) is 3.28. The molecular weight excluding hydrogens is 290 g/mol. The second-order valence-corrected chi connectivity index (χ2v) is 6.51. The van der Waals surface area contributed by atoms with E-state index in [-0.39, 0.29) is 11.9 Å². The van der Waals surface area contributed by atoms with E-state index in [1.165, 1.54) is 37.1 Å². The first kappa shape index (κ1) is 16.4. The van der Waals surface area contributed by atoms with Crippen LogP contribution in [0.5, 0.6) is 0 Å². The van der Waals surface area contributed by atoms with Gasteiger partial charge in [0.05, 0.1) is 13.2 Å². The third-order valence-corrected chi connectivity index (χ3v) is 4.52. The normalized spacial score (nSPS) is 22.2. The van der Waals surface area contributed by atoms with Crippen molar-refractivity contribution in [2.24, 2.45) is 0 Å². The number of morpholine rings is 1. The molecule has 0 radical (unpaired) electrons. The Morgan fingerprint density at radius 2 is 2.13 bits per heavy atom. The minimum Gasteiger partial charge on any atom is -0.378 e. The summed E-state index contributed by atoms with van der Waals surface area (Å²) in [7, 11) is 0. The van der Waals surface area contributed by atoms with Crippen molar-refractivity contribution in [1.29, 1.82) is 0 Å². The monoisotopic (exact) mass is 317 g/mol. The van der Waals surface area contributed by atoms with Crippen LogP contribution in [0.4, 0.5) is 0 Å². The lowest BCUT2D eigenvalue weighted by Gasteiger charge is -2.23. The van der Waals surface area contributed by atoms with Crippen LogP contribution in [0.15, 0.2) is 24.3 Å². The number of hydrogen-bond acceptors (Lipinski definition) is 4. The molecule has 2 heterocycles. The smallest absolute Gasteiger partial charge is 0.221 e. The third kappa shape index (κ3) is 5.30. The molecule has 1 atom stereocenters. The first-order chi connectivity index (χ1) is 11.3. The zero-order valence-electron chi connectivity index (χ0n) is 13.7. The molecule has 0 aromatic heterocycles. The average molecular weight is 317 g/mol. The zero-order valence-corrected chi connectivity index (χ0v) is 13.7. The Hall–Kier alpha value is -1.43. The summed E-state index contributed by atoms with van der Waals surface area (Å²) >= 11 is 0. The number of likely N-dealkylation sites (tertiary alicyclic amines) is 1. The van der Waals surface area contributed by atoms with Crippen LogP contribution in [-0.2, 0) is 22.6 Å². The predicted molar refractivity (Wildman–Crippen MR) is 90.0 cm³/mol. The second-order valence-electron chi connectivity index (χ2n) is 6.51. The lowest BCUT2D eigenvalue weighted by atomic mass is 10.1. The SMILES string of the molecule is O=C(CC1COCCN1)NCc1cccc(CN2CCCC2)c1. The number of amides is 1. The summed E-state index contributed by atoms with van der Waals surface area (Å²) in [5, 5.41) is 6.33. The molecule has 0 aliphatic carbocycles. The van der Waals surface area contributed by atoms with E-state index in [1.807, 2.05) is 0 Å². The van der Waals surface area contributed by atoms with Crippen molar-refractivity contribution in [3.63, 3.8) is 0 Å². The topological polar surface area (TPSA) is 53.6 Å². The van der Waals surface area contributed by atoms with E-state index >= 15 is 0 Å². The number of carbonyl (C=O) groups excluding carboxylic acids is 1. The maximum absolute atomic E-state index is 12.0. The van der Waals surface area contributed by atoms with Gasteiger partial charge in [0.15, 0.2) is 0 Å². The van der Waals surface area contributed by atoms with Gasteiger partial charge >= 0.3 is 0 Å². The van der Waals surface area contributed by atoms with Crippen LogP contribution in [0.2, 0.25) is 0 Å². The highest BCUT2D eigenvalue weighted by atomic mass is 16.5. The quantitative estimate of drug-likeness (QED) is 0.830. The van der Waals surface area contributed by atoms with Crippen molar-refractivity contribution in [3.8, 4) is 0 Å². The van der Waals surface area contributed by atoms with E-state index in [0.29, 0.717) is 19.6 Å². The Bertz CT molecular complexity index is 509. The van der Waals surface area contributed by atoms with Gasteiger partial charge in [0.25, 0.3) is 0 Å². The number of hydrogen-bond donors (Lipinski definition) is 2. The zero-order chi connectivity index (χ0) is 15.9. The van der Waals surface area contributed by atoms with E-state index < -0.39 is 0 Å². The molecular formula is C18H27N3O2. The van der Waals surface area contributed by atoms with Crippen LogP contribution in [0, 0.1) is 0 Å². The van der Waals surface area contributed by atoms with E-state index in [1.54, 1.807) is 0 Å². The minimum absolute atomic E-state index is 0.0814. The Balaban J connectivity index is 1.44. The van der Waals surface area contributed by atoms with Crippen LogP contribution in [0.25, 0.3) is 0 Å². The second kappa shape index (κ2) is 8.43. The Labute approximate surface area is 138 Å². The lowest BCUT2D eigenvalue weighted by molar-refractivity contribution is -0.122. The molecule has 1 amide bonds. The molecule has 2 N–H and O–H groups in total. The number of nitrogens with zero attached hydrogens (tertiary/aromatic N) is 1. The van der Waals surface area contributed by atoms with Gasteiger partial charge in [-0.2, -0.15) is 0 Å². The highest BCUT2D eigenvalue weighted by molar-refractivity contribution is 5.76. The average Bonchev–Trinajstić information content (AvgIpc) is 3.07. The summed E-state index contributed by atoms with van der Waals surface area (Å²) in [4.78, 5) is 14.5. The number of nitrogens with one attached hydrogen (secondary N) is 2. The molecule has 2 aliphatic heterocycles. The number of ether oxygens (including phenoxy) is 1. The molecule has 5 nitrogen and oxygen atoms in total. The van der Waals surface area contributed by atoms with E-state index in [2.05, 4.69) is 39.8 Å². The standard InChI is InChI=1S/C18H27N3O2/c22-18(11-17-14-23-9-6-19-17)20-12-15-4-3-5-16(10-15)13-21-7-1-2-8-21/h3-5,10,17,19H,1-2,6-9,11-14H2,(H,20,22). The fraction of sp³-hybridized carbons (Fsp3) is 0.611. The Morgan fingerprint density at radius 1 is 1.30 bits per heavy atom. The van der Waals surface area contributed by atoms with Crippen molar-refractivity contribution in [3.05, 3.63) is 35.4 Å². The van der Waals surface area contributed by atoms with Gasteiger partial charge in [0.2, 0.25) is 5.91 Å². The summed E-state index contributed by atoms with van der Waals surface area (Å²) in [5.41, 5.74) is 2.50. The van der Waals surface area contributed by atoms with Crippen molar-refractivity contribution in [2.75, 3.05) is 32.8 Å². The molecule has 0 spiro atoms. The van der Waals surface area contributed by atoms with Crippen molar-refractivity contribution in [2.45, 2.75) is 38.4 Å². The van der Waals surface area contributed by atoms with Crippen LogP contribution >= 0.6 is 0 Å². The molecule has 3 rings (SSSR count). The van der Waals surface area contributed by atoms with Crippen LogP contribution in [0.1, 0.15) is 30.4 Å². The highest BCUT2D eigenvalue weighted by Gasteiger charge is 2.16. The van der Waals surface area contributed by atoms with Gasteiger partial charge in [-0.3, -0.25) is 9.69 Å². The first-order valence-corrected chi connectivity index (χ1v) is 8.67. The summed E-state index contributed by atoms with van der Waals surface area (Å²) in [6.45, 7) is 6.22. The number of carbonyl (C=O) groups is 1. The van der Waals surface area contributed by atoms with Crippen LogP contribution < -0.4 is 10.6 Å². The third-order valence-electron chi connectivity index (χ3n) is 4.52. The van der Waals surface area contributed by atoms with Gasteiger partial charge in [-0.25, -0.2) is 0 Å². The van der Waals surface area contributed by atoms with Crippen molar-refractivity contribution >= 4 is 5.91 Å². The summed E-state index contributed by atoms with van der Waals surface area (Å²) in [6.07, 6.45) is 3.11. The molecule has 1 aromatic rings. The summed E-state index contributed by atoms with van der Waals surface area (Å²) in [5.74, 6) is 0.0814. The molecule has 23 heavy (non-hydrogen) atoms. The Kier molecular flexibility index (Phi) is 6.02.